The monoisotopic (exact) mass is 363 g/mol. The van der Waals surface area contributed by atoms with E-state index in [0.29, 0.717) is 29.4 Å². The van der Waals surface area contributed by atoms with Crippen LogP contribution < -0.4 is 10.2 Å². The lowest BCUT2D eigenvalue weighted by Gasteiger charge is -2.20. The zero-order valence-corrected chi connectivity index (χ0v) is 15.0. The minimum atomic E-state index is -0.307. The van der Waals surface area contributed by atoms with Gasteiger partial charge in [0.05, 0.1) is 11.9 Å². The van der Waals surface area contributed by atoms with Gasteiger partial charge >= 0.3 is 0 Å². The summed E-state index contributed by atoms with van der Waals surface area (Å²) in [5.41, 5.74) is 2.61. The van der Waals surface area contributed by atoms with Gasteiger partial charge in [0.2, 0.25) is 5.95 Å². The first-order valence-electron chi connectivity index (χ1n) is 8.45. The van der Waals surface area contributed by atoms with Gasteiger partial charge in [0.15, 0.2) is 5.65 Å². The van der Waals surface area contributed by atoms with Crippen LogP contribution in [0.2, 0.25) is 0 Å². The topological polar surface area (TPSA) is 71.2 Å². The van der Waals surface area contributed by atoms with Crippen LogP contribution in [-0.4, -0.2) is 38.7 Å². The highest BCUT2D eigenvalue weighted by atomic mass is 19.1. The molecule has 0 unspecified atom stereocenters. The van der Waals surface area contributed by atoms with Crippen molar-refractivity contribution in [2.45, 2.75) is 6.54 Å². The van der Waals surface area contributed by atoms with Crippen LogP contribution in [0.3, 0.4) is 0 Å². The molecule has 3 aromatic heterocycles. The van der Waals surface area contributed by atoms with Crippen molar-refractivity contribution in [2.24, 2.45) is 0 Å². The lowest BCUT2D eigenvalue weighted by Crippen LogP contribution is -2.20. The molecule has 0 spiro atoms. The van der Waals surface area contributed by atoms with Gasteiger partial charge in [0.1, 0.15) is 11.6 Å². The van der Waals surface area contributed by atoms with E-state index in [2.05, 4.69) is 25.4 Å². The number of halogens is 1. The van der Waals surface area contributed by atoms with Gasteiger partial charge in [-0.15, -0.1) is 0 Å². The summed E-state index contributed by atoms with van der Waals surface area (Å²) in [6.45, 7) is 0.569. The van der Waals surface area contributed by atoms with Gasteiger partial charge < -0.3 is 10.2 Å². The van der Waals surface area contributed by atoms with E-state index in [1.165, 1.54) is 6.07 Å². The Morgan fingerprint density at radius 2 is 1.93 bits per heavy atom. The van der Waals surface area contributed by atoms with E-state index >= 15 is 0 Å². The summed E-state index contributed by atoms with van der Waals surface area (Å²) >= 11 is 0. The van der Waals surface area contributed by atoms with Crippen LogP contribution in [0.5, 0.6) is 0 Å². The molecular weight excluding hydrogens is 345 g/mol. The molecule has 1 N–H and O–H groups in total. The highest BCUT2D eigenvalue weighted by Crippen LogP contribution is 2.26. The third-order valence-electron chi connectivity index (χ3n) is 4.23. The maximum Gasteiger partial charge on any atom is 0.222 e. The second-order valence-electron chi connectivity index (χ2n) is 6.10. The predicted molar refractivity (Wildman–Crippen MR) is 102 cm³/mol. The van der Waals surface area contributed by atoms with E-state index in [4.69, 9.17) is 0 Å². The van der Waals surface area contributed by atoms with E-state index in [1.807, 2.05) is 18.0 Å². The van der Waals surface area contributed by atoms with Crippen LogP contribution >= 0.6 is 0 Å². The van der Waals surface area contributed by atoms with Gasteiger partial charge in [0, 0.05) is 56.3 Å². The highest BCUT2D eigenvalue weighted by molar-refractivity contribution is 5.67. The van der Waals surface area contributed by atoms with E-state index < -0.39 is 0 Å². The summed E-state index contributed by atoms with van der Waals surface area (Å²) in [5.74, 6) is 1.06. The molecule has 0 atom stereocenters. The lowest BCUT2D eigenvalue weighted by molar-refractivity contribution is 0.630. The van der Waals surface area contributed by atoms with Gasteiger partial charge in [-0.05, 0) is 12.1 Å². The molecule has 0 saturated carbocycles. The molecule has 8 heteroatoms. The molecule has 0 amide bonds. The molecule has 0 radical (unpaired) electrons. The van der Waals surface area contributed by atoms with E-state index in [1.54, 1.807) is 54.4 Å². The Balaban J connectivity index is 1.73. The number of nitrogens with one attached hydrogen (secondary N) is 1. The molecule has 0 saturated heterocycles. The molecule has 0 fully saturated rings. The molecule has 0 bridgehead atoms. The van der Waals surface area contributed by atoms with Crippen molar-refractivity contribution in [3.63, 3.8) is 0 Å². The Bertz CT molecular complexity index is 1080. The quantitative estimate of drug-likeness (QED) is 0.588. The predicted octanol–water partition coefficient (Wildman–Crippen LogP) is 3.00. The summed E-state index contributed by atoms with van der Waals surface area (Å²) in [4.78, 5) is 15.0. The smallest absolute Gasteiger partial charge is 0.222 e. The number of rotatable bonds is 5. The number of nitrogens with zero attached hydrogens (tertiary/aromatic N) is 6. The number of benzene rings is 1. The standard InChI is InChI=1S/C19H18FN7/c1-21-19-22-10-13(11-23-19)12-26(2)18-9-16(14-5-3-4-6-15(14)20)25-17-7-8-24-27(17)18/h3-11H,12H2,1-2H3,(H,21,22,23). The van der Waals surface area contributed by atoms with Crippen molar-refractivity contribution < 1.29 is 4.39 Å². The third-order valence-corrected chi connectivity index (χ3v) is 4.23. The first-order chi connectivity index (χ1) is 13.2. The molecule has 136 valence electrons. The zero-order chi connectivity index (χ0) is 18.8. The molecule has 4 aromatic rings. The summed E-state index contributed by atoms with van der Waals surface area (Å²) in [5, 5.41) is 7.24. The number of aromatic nitrogens is 5. The van der Waals surface area contributed by atoms with Gasteiger partial charge in [-0.3, -0.25) is 0 Å². The first kappa shape index (κ1) is 16.9. The molecular formula is C19H18FN7. The molecule has 27 heavy (non-hydrogen) atoms. The van der Waals surface area contributed by atoms with E-state index in [-0.39, 0.29) is 5.82 Å². The zero-order valence-electron chi connectivity index (χ0n) is 15.0. The fraction of sp³-hybridized carbons (Fsp3) is 0.158. The summed E-state index contributed by atoms with van der Waals surface area (Å²) in [7, 11) is 3.71. The summed E-state index contributed by atoms with van der Waals surface area (Å²) in [6.07, 6.45) is 5.22. The van der Waals surface area contributed by atoms with Crippen LogP contribution in [-0.2, 0) is 6.54 Å². The summed E-state index contributed by atoms with van der Waals surface area (Å²) in [6, 6.07) is 10.2. The van der Waals surface area contributed by atoms with Gasteiger partial charge in [-0.25, -0.2) is 19.3 Å². The average Bonchev–Trinajstić information content (AvgIpc) is 3.16. The Morgan fingerprint density at radius 3 is 2.67 bits per heavy atom. The SMILES string of the molecule is CNc1ncc(CN(C)c2cc(-c3ccccc3F)nc3ccnn23)cn1. The molecule has 0 aliphatic rings. The van der Waals surface area contributed by atoms with Gasteiger partial charge in [0.25, 0.3) is 0 Å². The van der Waals surface area contributed by atoms with Gasteiger partial charge in [-0.2, -0.15) is 9.61 Å². The highest BCUT2D eigenvalue weighted by Gasteiger charge is 2.14. The molecule has 7 nitrogen and oxygen atoms in total. The van der Waals surface area contributed by atoms with E-state index in [0.717, 1.165) is 11.4 Å². The van der Waals surface area contributed by atoms with Crippen molar-refractivity contribution in [2.75, 3.05) is 24.3 Å². The fourth-order valence-corrected chi connectivity index (χ4v) is 2.90. The third kappa shape index (κ3) is 3.29. The Hall–Kier alpha value is -3.55. The number of hydrogen-bond acceptors (Lipinski definition) is 6. The molecule has 4 rings (SSSR count). The molecule has 1 aromatic carbocycles. The number of anilines is 2. The largest absolute Gasteiger partial charge is 0.357 e. The van der Waals surface area contributed by atoms with Crippen LogP contribution in [0.4, 0.5) is 16.2 Å². The second kappa shape index (κ2) is 6.99. The Morgan fingerprint density at radius 1 is 1.15 bits per heavy atom. The minimum Gasteiger partial charge on any atom is -0.357 e. The van der Waals surface area contributed by atoms with Crippen molar-refractivity contribution in [3.8, 4) is 11.3 Å². The van der Waals surface area contributed by atoms with E-state index in [9.17, 15) is 4.39 Å². The Labute approximate surface area is 155 Å². The van der Waals surface area contributed by atoms with Crippen LogP contribution in [0.1, 0.15) is 5.56 Å². The number of fused-ring (bicyclic) bond motifs is 1. The van der Waals surface area contributed by atoms with Crippen molar-refractivity contribution in [3.05, 3.63) is 66.4 Å². The average molecular weight is 363 g/mol. The maximum atomic E-state index is 14.3. The second-order valence-corrected chi connectivity index (χ2v) is 6.10. The maximum absolute atomic E-state index is 14.3. The van der Waals surface area contributed by atoms with Crippen LogP contribution in [0.15, 0.2) is 55.0 Å². The van der Waals surface area contributed by atoms with Crippen molar-refractivity contribution >= 4 is 17.4 Å². The minimum absolute atomic E-state index is 0.307. The summed E-state index contributed by atoms with van der Waals surface area (Å²) < 4.78 is 16.0. The Kier molecular flexibility index (Phi) is 4.37. The molecule has 0 aliphatic carbocycles. The number of hydrogen-bond donors (Lipinski definition) is 1. The molecule has 0 aliphatic heterocycles. The lowest BCUT2D eigenvalue weighted by atomic mass is 10.1. The fourth-order valence-electron chi connectivity index (χ4n) is 2.90. The van der Waals surface area contributed by atoms with Crippen molar-refractivity contribution in [1.82, 2.24) is 24.6 Å². The first-order valence-corrected chi connectivity index (χ1v) is 8.45. The molecule has 3 heterocycles. The van der Waals surface area contributed by atoms with Crippen LogP contribution in [0, 0.1) is 5.82 Å². The van der Waals surface area contributed by atoms with Gasteiger partial charge in [-0.1, -0.05) is 12.1 Å². The van der Waals surface area contributed by atoms with Crippen LogP contribution in [0.25, 0.3) is 16.9 Å². The normalized spacial score (nSPS) is 10.9. The van der Waals surface area contributed by atoms with Crippen molar-refractivity contribution in [1.29, 1.82) is 0 Å².